The zero-order valence-electron chi connectivity index (χ0n) is 36.6. The Bertz CT molecular complexity index is 1080. The molecule has 0 aromatic rings. The summed E-state index contributed by atoms with van der Waals surface area (Å²) >= 11 is 0. The maximum Gasteiger partial charge on any atom is 0.333 e. The maximum absolute atomic E-state index is 12.0. The minimum absolute atomic E-state index is 0.0705. The number of carbonyl (C=O) groups excluding carboxylic acids is 4. The third-order valence-electron chi connectivity index (χ3n) is 11.7. The second-order valence-corrected chi connectivity index (χ2v) is 16.8. The topological polar surface area (TPSA) is 105 Å². The summed E-state index contributed by atoms with van der Waals surface area (Å²) in [6.07, 6.45) is 34.0. The fraction of sp³-hybridized carbons (Fsp3) is 0.833. The van der Waals surface area contributed by atoms with Gasteiger partial charge in [0, 0.05) is 24.0 Å². The van der Waals surface area contributed by atoms with E-state index in [-0.39, 0.29) is 38.4 Å². The van der Waals surface area contributed by atoms with Gasteiger partial charge in [0.25, 0.3) is 0 Å². The second-order valence-electron chi connectivity index (χ2n) is 16.8. The molecule has 56 heavy (non-hydrogen) atoms. The van der Waals surface area contributed by atoms with E-state index in [0.29, 0.717) is 24.0 Å². The van der Waals surface area contributed by atoms with Crippen molar-refractivity contribution in [3.05, 3.63) is 24.3 Å². The van der Waals surface area contributed by atoms with E-state index in [4.69, 9.17) is 18.9 Å². The Morgan fingerprint density at radius 1 is 0.411 bits per heavy atom. The van der Waals surface area contributed by atoms with Gasteiger partial charge in [-0.05, 0) is 63.2 Å². The maximum atomic E-state index is 12.0. The van der Waals surface area contributed by atoms with Crippen molar-refractivity contribution in [3.63, 3.8) is 0 Å². The lowest BCUT2D eigenvalue weighted by Crippen LogP contribution is -2.32. The summed E-state index contributed by atoms with van der Waals surface area (Å²) in [6, 6.07) is 0. The van der Waals surface area contributed by atoms with Gasteiger partial charge < -0.3 is 18.9 Å². The third-order valence-corrected chi connectivity index (χ3v) is 11.7. The standard InChI is InChI=1S/C48H84O8/c1-7-9-11-16-22-28-42-38-44(30-24-18-13-15-20-26-32-46(50)54-34-36-56-48(52)40(5)6)43(37-41(42)27-21-10-8-2)29-23-17-12-14-19-25-31-45(49)53-33-35-55-47(51)39(3)4/h41-44H,3,5,7-38H2,1-2,4,6H3. The van der Waals surface area contributed by atoms with Crippen molar-refractivity contribution in [2.45, 2.75) is 207 Å². The molecule has 0 N–H and O–H groups in total. The van der Waals surface area contributed by atoms with Crippen molar-refractivity contribution in [1.29, 1.82) is 0 Å². The smallest absolute Gasteiger partial charge is 0.333 e. The van der Waals surface area contributed by atoms with Crippen LogP contribution in [0.5, 0.6) is 0 Å². The van der Waals surface area contributed by atoms with Crippen molar-refractivity contribution in [2.75, 3.05) is 26.4 Å². The monoisotopic (exact) mass is 789 g/mol. The largest absolute Gasteiger partial charge is 0.462 e. The second kappa shape index (κ2) is 34.4. The summed E-state index contributed by atoms with van der Waals surface area (Å²) in [7, 11) is 0. The van der Waals surface area contributed by atoms with Gasteiger partial charge in [-0.15, -0.1) is 0 Å². The van der Waals surface area contributed by atoms with Gasteiger partial charge in [-0.1, -0.05) is 168 Å². The molecule has 0 spiro atoms. The molecular formula is C48H84O8. The van der Waals surface area contributed by atoms with Gasteiger partial charge in [-0.2, -0.15) is 0 Å². The van der Waals surface area contributed by atoms with Crippen LogP contribution in [0.15, 0.2) is 24.3 Å². The van der Waals surface area contributed by atoms with Crippen molar-refractivity contribution in [2.24, 2.45) is 23.7 Å². The van der Waals surface area contributed by atoms with E-state index in [1.54, 1.807) is 13.8 Å². The van der Waals surface area contributed by atoms with Gasteiger partial charge in [0.05, 0.1) is 0 Å². The van der Waals surface area contributed by atoms with Gasteiger partial charge in [0.2, 0.25) is 0 Å². The first-order valence-electron chi connectivity index (χ1n) is 23.0. The molecule has 0 heterocycles. The quantitative estimate of drug-likeness (QED) is 0.0267. The molecule has 0 aliphatic heterocycles. The summed E-state index contributed by atoms with van der Waals surface area (Å²) in [5, 5.41) is 0. The lowest BCUT2D eigenvalue weighted by molar-refractivity contribution is -0.150. The molecular weight excluding hydrogens is 705 g/mol. The molecule has 4 atom stereocenters. The number of unbranched alkanes of at least 4 members (excludes halogenated alkanes) is 16. The van der Waals surface area contributed by atoms with Crippen LogP contribution in [0, 0.1) is 23.7 Å². The minimum atomic E-state index is -0.457. The lowest BCUT2D eigenvalue weighted by Gasteiger charge is -2.42. The van der Waals surface area contributed by atoms with Crippen molar-refractivity contribution in [1.82, 2.24) is 0 Å². The van der Waals surface area contributed by atoms with Crippen LogP contribution in [0.25, 0.3) is 0 Å². The number of hydrogen-bond acceptors (Lipinski definition) is 8. The summed E-state index contributed by atoms with van der Waals surface area (Å²) in [5.41, 5.74) is 0.682. The molecule has 8 heteroatoms. The molecule has 0 saturated heterocycles. The van der Waals surface area contributed by atoms with Crippen molar-refractivity contribution in [3.8, 4) is 0 Å². The van der Waals surface area contributed by atoms with Crippen LogP contribution >= 0.6 is 0 Å². The first-order chi connectivity index (χ1) is 27.1. The fourth-order valence-corrected chi connectivity index (χ4v) is 8.36. The molecule has 1 fully saturated rings. The lowest BCUT2D eigenvalue weighted by atomic mass is 9.63. The average molecular weight is 789 g/mol. The van der Waals surface area contributed by atoms with Crippen LogP contribution in [-0.4, -0.2) is 50.3 Å². The Morgan fingerprint density at radius 3 is 1.02 bits per heavy atom. The van der Waals surface area contributed by atoms with Crippen LogP contribution in [0.2, 0.25) is 0 Å². The molecule has 1 aliphatic rings. The van der Waals surface area contributed by atoms with E-state index in [1.165, 1.54) is 128 Å². The Kier molecular flexibility index (Phi) is 31.6. The zero-order chi connectivity index (χ0) is 41.2. The first kappa shape index (κ1) is 51.4. The van der Waals surface area contributed by atoms with Gasteiger partial charge >= 0.3 is 23.9 Å². The fourth-order valence-electron chi connectivity index (χ4n) is 8.36. The van der Waals surface area contributed by atoms with Gasteiger partial charge in [0.1, 0.15) is 26.4 Å². The molecule has 1 rings (SSSR count). The van der Waals surface area contributed by atoms with Crippen LogP contribution in [-0.2, 0) is 38.1 Å². The molecule has 1 aliphatic carbocycles. The predicted octanol–water partition coefficient (Wildman–Crippen LogP) is 12.8. The molecule has 1 saturated carbocycles. The van der Waals surface area contributed by atoms with E-state index in [9.17, 15) is 19.2 Å². The highest BCUT2D eigenvalue weighted by Gasteiger charge is 2.35. The van der Waals surface area contributed by atoms with Gasteiger partial charge in [-0.25, -0.2) is 9.59 Å². The molecule has 8 nitrogen and oxygen atoms in total. The van der Waals surface area contributed by atoms with Crippen LogP contribution < -0.4 is 0 Å². The third kappa shape index (κ3) is 27.1. The number of ether oxygens (including phenoxy) is 4. The zero-order valence-corrected chi connectivity index (χ0v) is 36.6. The summed E-state index contributed by atoms with van der Waals surface area (Å²) in [4.78, 5) is 46.9. The van der Waals surface area contributed by atoms with Crippen LogP contribution in [0.1, 0.15) is 207 Å². The molecule has 4 unspecified atom stereocenters. The summed E-state index contributed by atoms with van der Waals surface area (Å²) < 4.78 is 20.3. The SMILES string of the molecule is C=C(C)C(=O)OCCOC(=O)CCCCCCCCC1CC(CCCCC)C(CCCCCCC)CC1CCCCCCCCC(=O)OCCOC(=O)C(=C)C. The summed E-state index contributed by atoms with van der Waals surface area (Å²) in [6.45, 7) is 15.2. The highest BCUT2D eigenvalue weighted by atomic mass is 16.6. The van der Waals surface area contributed by atoms with E-state index in [0.717, 1.165) is 62.2 Å². The van der Waals surface area contributed by atoms with Gasteiger partial charge in [0.15, 0.2) is 0 Å². The van der Waals surface area contributed by atoms with E-state index >= 15 is 0 Å². The molecule has 0 radical (unpaired) electrons. The van der Waals surface area contributed by atoms with Crippen molar-refractivity contribution < 1.29 is 38.1 Å². The molecule has 0 aromatic carbocycles. The molecule has 324 valence electrons. The summed E-state index contributed by atoms with van der Waals surface area (Å²) in [5.74, 6) is 2.18. The molecule has 0 bridgehead atoms. The Labute approximate surface area is 343 Å². The minimum Gasteiger partial charge on any atom is -0.462 e. The average Bonchev–Trinajstić information content (AvgIpc) is 3.17. The Hall–Kier alpha value is -2.64. The Morgan fingerprint density at radius 2 is 0.679 bits per heavy atom. The predicted molar refractivity (Wildman–Crippen MR) is 228 cm³/mol. The normalized spacial score (nSPS) is 17.9. The van der Waals surface area contributed by atoms with Crippen LogP contribution in [0.3, 0.4) is 0 Å². The number of hydrogen-bond donors (Lipinski definition) is 0. The van der Waals surface area contributed by atoms with E-state index in [2.05, 4.69) is 27.0 Å². The van der Waals surface area contributed by atoms with Gasteiger partial charge in [-0.3, -0.25) is 9.59 Å². The van der Waals surface area contributed by atoms with Crippen molar-refractivity contribution >= 4 is 23.9 Å². The van der Waals surface area contributed by atoms with Crippen LogP contribution in [0.4, 0.5) is 0 Å². The highest BCUT2D eigenvalue weighted by molar-refractivity contribution is 5.87. The first-order valence-corrected chi connectivity index (χ1v) is 23.0. The Balaban J connectivity index is 2.48. The molecule has 0 aromatic heterocycles. The highest BCUT2D eigenvalue weighted by Crippen LogP contribution is 2.46. The number of carbonyl (C=O) groups is 4. The number of rotatable bonds is 36. The van der Waals surface area contributed by atoms with E-state index < -0.39 is 11.9 Å². The number of esters is 4. The molecule has 0 amide bonds. The van der Waals surface area contributed by atoms with E-state index in [1.807, 2.05) is 0 Å².